The van der Waals surface area contributed by atoms with Gasteiger partial charge < -0.3 is 10.2 Å². The molecule has 2 heterocycles. The van der Waals surface area contributed by atoms with Gasteiger partial charge in [-0.3, -0.25) is 4.79 Å². The highest BCUT2D eigenvalue weighted by molar-refractivity contribution is 6.01. The molecular weight excluding hydrogens is 240 g/mol. The molecule has 0 atom stereocenters. The second-order valence-corrected chi connectivity index (χ2v) is 4.53. The molecule has 0 saturated heterocycles. The van der Waals surface area contributed by atoms with E-state index in [1.807, 2.05) is 30.3 Å². The Morgan fingerprint density at radius 2 is 2.05 bits per heavy atom. The Morgan fingerprint density at radius 3 is 2.74 bits per heavy atom. The summed E-state index contributed by atoms with van der Waals surface area (Å²) in [5, 5.41) is 11.2. The Labute approximate surface area is 111 Å². The molecule has 1 aromatic heterocycles. The summed E-state index contributed by atoms with van der Waals surface area (Å²) in [7, 11) is 3.61. The molecule has 19 heavy (non-hydrogen) atoms. The zero-order valence-electron chi connectivity index (χ0n) is 10.8. The number of aromatic nitrogens is 2. The van der Waals surface area contributed by atoms with Crippen LogP contribution in [0.5, 0.6) is 0 Å². The summed E-state index contributed by atoms with van der Waals surface area (Å²) >= 11 is 0. The monoisotopic (exact) mass is 254 g/mol. The molecule has 1 aromatic carbocycles. The van der Waals surface area contributed by atoms with E-state index in [4.69, 9.17) is 0 Å². The van der Waals surface area contributed by atoms with Gasteiger partial charge in [0, 0.05) is 25.3 Å². The Hall–Kier alpha value is -2.43. The van der Waals surface area contributed by atoms with Crippen molar-refractivity contribution in [3.63, 3.8) is 0 Å². The van der Waals surface area contributed by atoms with Gasteiger partial charge in [0.15, 0.2) is 0 Å². The zero-order chi connectivity index (χ0) is 13.4. The molecule has 1 aliphatic heterocycles. The van der Waals surface area contributed by atoms with E-state index >= 15 is 0 Å². The maximum absolute atomic E-state index is 11.7. The summed E-state index contributed by atoms with van der Waals surface area (Å²) in [5.41, 5.74) is 3.82. The number of likely N-dealkylation sites (N-methyl/N-ethyl adjacent to an activating group) is 1. The molecule has 0 fully saturated rings. The van der Waals surface area contributed by atoms with Crippen molar-refractivity contribution in [2.45, 2.75) is 6.42 Å². The molecule has 0 saturated carbocycles. The van der Waals surface area contributed by atoms with E-state index in [0.29, 0.717) is 6.42 Å². The van der Waals surface area contributed by atoms with Crippen molar-refractivity contribution in [1.82, 2.24) is 10.2 Å². The second-order valence-electron chi connectivity index (χ2n) is 4.53. The van der Waals surface area contributed by atoms with Gasteiger partial charge in [0.2, 0.25) is 5.91 Å². The number of carbonyl (C=O) groups is 1. The van der Waals surface area contributed by atoms with Gasteiger partial charge in [-0.25, -0.2) is 0 Å². The molecule has 3 rings (SSSR count). The van der Waals surface area contributed by atoms with Crippen molar-refractivity contribution in [2.24, 2.45) is 0 Å². The number of rotatable bonds is 2. The van der Waals surface area contributed by atoms with Crippen LogP contribution in [0.1, 0.15) is 5.56 Å². The number of hydrogen-bond acceptors (Lipinski definition) is 4. The van der Waals surface area contributed by atoms with Crippen LogP contribution < -0.4 is 10.2 Å². The van der Waals surface area contributed by atoms with Gasteiger partial charge in [-0.15, -0.1) is 10.2 Å². The Morgan fingerprint density at radius 1 is 1.21 bits per heavy atom. The minimum Gasteiger partial charge on any atom is -0.372 e. The first-order valence-electron chi connectivity index (χ1n) is 6.10. The van der Waals surface area contributed by atoms with Crippen LogP contribution in [-0.2, 0) is 11.2 Å². The number of hydrogen-bond donors (Lipinski definition) is 1. The van der Waals surface area contributed by atoms with Crippen LogP contribution in [0, 0.1) is 0 Å². The number of nitrogens with zero attached hydrogens (tertiary/aromatic N) is 3. The highest BCUT2D eigenvalue weighted by atomic mass is 16.2. The zero-order valence-corrected chi connectivity index (χ0v) is 10.8. The Bertz CT molecular complexity index is 636. The minimum absolute atomic E-state index is 0.128. The molecular formula is C14H14N4O. The first kappa shape index (κ1) is 11.6. The highest BCUT2D eigenvalue weighted by Crippen LogP contribution is 2.31. The number of amides is 1. The number of nitrogens with one attached hydrogen (secondary N) is 1. The smallest absolute Gasteiger partial charge is 0.231 e. The average molecular weight is 254 g/mol. The third-order valence-electron chi connectivity index (χ3n) is 3.37. The maximum atomic E-state index is 11.7. The Balaban J connectivity index is 1.98. The van der Waals surface area contributed by atoms with Gasteiger partial charge >= 0.3 is 0 Å². The van der Waals surface area contributed by atoms with Crippen LogP contribution in [0.2, 0.25) is 0 Å². The van der Waals surface area contributed by atoms with Gasteiger partial charge in [-0.2, -0.15) is 0 Å². The first-order chi connectivity index (χ1) is 9.19. The molecule has 1 amide bonds. The van der Waals surface area contributed by atoms with Crippen LogP contribution >= 0.6 is 0 Å². The lowest BCUT2D eigenvalue weighted by atomic mass is 10.1. The van der Waals surface area contributed by atoms with Crippen molar-refractivity contribution < 1.29 is 4.79 Å². The Kier molecular flexibility index (Phi) is 2.67. The fourth-order valence-corrected chi connectivity index (χ4v) is 2.25. The third-order valence-corrected chi connectivity index (χ3v) is 3.37. The lowest BCUT2D eigenvalue weighted by Crippen LogP contribution is -2.20. The summed E-state index contributed by atoms with van der Waals surface area (Å²) in [6.07, 6.45) is 0.460. The number of carbonyl (C=O) groups excluding carboxylic acids is 1. The predicted molar refractivity (Wildman–Crippen MR) is 74.1 cm³/mol. The molecule has 1 N–H and O–H groups in total. The van der Waals surface area contributed by atoms with Crippen molar-refractivity contribution in [3.8, 4) is 11.3 Å². The second kappa shape index (κ2) is 4.35. The SMILES string of the molecule is CNc1ccc(-c2ccc3c(c2)CC(=O)N3C)nn1. The summed E-state index contributed by atoms with van der Waals surface area (Å²) in [4.78, 5) is 13.3. The lowest BCUT2D eigenvalue weighted by Gasteiger charge is -2.10. The molecule has 5 nitrogen and oxygen atoms in total. The van der Waals surface area contributed by atoms with E-state index < -0.39 is 0 Å². The lowest BCUT2D eigenvalue weighted by molar-refractivity contribution is -0.117. The van der Waals surface area contributed by atoms with Gasteiger partial charge in [0.05, 0.1) is 12.1 Å². The minimum atomic E-state index is 0.128. The number of benzene rings is 1. The summed E-state index contributed by atoms with van der Waals surface area (Å²) in [6, 6.07) is 9.74. The summed E-state index contributed by atoms with van der Waals surface area (Å²) < 4.78 is 0. The fraction of sp³-hybridized carbons (Fsp3) is 0.214. The predicted octanol–water partition coefficient (Wildman–Crippen LogP) is 1.70. The van der Waals surface area contributed by atoms with Crippen molar-refractivity contribution in [3.05, 3.63) is 35.9 Å². The molecule has 0 radical (unpaired) electrons. The maximum Gasteiger partial charge on any atom is 0.231 e. The average Bonchev–Trinajstić information content (AvgIpc) is 2.74. The largest absolute Gasteiger partial charge is 0.372 e. The molecule has 5 heteroatoms. The first-order valence-corrected chi connectivity index (χ1v) is 6.10. The van der Waals surface area contributed by atoms with E-state index in [9.17, 15) is 4.79 Å². The standard InChI is InChI=1S/C14H14N4O/c1-15-13-6-4-11(16-17-13)9-3-5-12-10(7-9)8-14(19)18(12)2/h3-7H,8H2,1-2H3,(H,15,17). The fourth-order valence-electron chi connectivity index (χ4n) is 2.25. The van der Waals surface area contributed by atoms with Crippen LogP contribution in [0.25, 0.3) is 11.3 Å². The quantitative estimate of drug-likeness (QED) is 0.886. The van der Waals surface area contributed by atoms with Crippen LogP contribution in [0.4, 0.5) is 11.5 Å². The molecule has 96 valence electrons. The number of anilines is 2. The molecule has 0 spiro atoms. The summed E-state index contributed by atoms with van der Waals surface area (Å²) in [6.45, 7) is 0. The molecule has 0 unspecified atom stereocenters. The normalized spacial score (nSPS) is 13.6. The van der Waals surface area contributed by atoms with Gasteiger partial charge in [0.25, 0.3) is 0 Å². The van der Waals surface area contributed by atoms with Crippen molar-refractivity contribution >= 4 is 17.4 Å². The topological polar surface area (TPSA) is 58.1 Å². The molecule has 0 bridgehead atoms. The summed E-state index contributed by atoms with van der Waals surface area (Å²) in [5.74, 6) is 0.864. The van der Waals surface area contributed by atoms with Crippen molar-refractivity contribution in [2.75, 3.05) is 24.3 Å². The van der Waals surface area contributed by atoms with E-state index in [0.717, 1.165) is 28.3 Å². The van der Waals surface area contributed by atoms with Crippen LogP contribution in [0.15, 0.2) is 30.3 Å². The van der Waals surface area contributed by atoms with E-state index in [1.54, 1.807) is 19.0 Å². The van der Waals surface area contributed by atoms with Gasteiger partial charge in [-0.1, -0.05) is 6.07 Å². The van der Waals surface area contributed by atoms with E-state index in [-0.39, 0.29) is 5.91 Å². The van der Waals surface area contributed by atoms with Crippen LogP contribution in [-0.4, -0.2) is 30.2 Å². The van der Waals surface area contributed by atoms with E-state index in [2.05, 4.69) is 15.5 Å². The highest BCUT2D eigenvalue weighted by Gasteiger charge is 2.24. The van der Waals surface area contributed by atoms with Crippen molar-refractivity contribution in [1.29, 1.82) is 0 Å². The number of fused-ring (bicyclic) bond motifs is 1. The molecule has 2 aromatic rings. The van der Waals surface area contributed by atoms with Gasteiger partial charge in [0.1, 0.15) is 5.82 Å². The van der Waals surface area contributed by atoms with Crippen LogP contribution in [0.3, 0.4) is 0 Å². The van der Waals surface area contributed by atoms with E-state index in [1.165, 1.54) is 0 Å². The third kappa shape index (κ3) is 1.93. The van der Waals surface area contributed by atoms with Gasteiger partial charge in [-0.05, 0) is 29.8 Å². The molecule has 0 aliphatic carbocycles. The molecule has 1 aliphatic rings.